The largest absolute Gasteiger partial charge is 0.465 e. The topological polar surface area (TPSA) is 81.3 Å². The third kappa shape index (κ3) is 2.88. The fourth-order valence-corrected chi connectivity index (χ4v) is 2.46. The van der Waals surface area contributed by atoms with Crippen molar-refractivity contribution in [1.29, 1.82) is 0 Å². The number of nitrogen functional groups attached to an aromatic ring is 1. The molecule has 2 N–H and O–H groups in total. The number of hydrogen-bond acceptors (Lipinski definition) is 7. The average Bonchev–Trinajstić information content (AvgIpc) is 2.83. The van der Waals surface area contributed by atoms with Gasteiger partial charge in [-0.3, -0.25) is 0 Å². The smallest absolute Gasteiger partial charge is 0.340 e. The van der Waals surface area contributed by atoms with Crippen LogP contribution in [0.1, 0.15) is 21.1 Å². The predicted octanol–water partition coefficient (Wildman–Crippen LogP) is 1.85. The Bertz CT molecular complexity index is 627. The molecular weight excluding hydrogens is 276 g/mol. The highest BCUT2D eigenvalue weighted by Crippen LogP contribution is 2.25. The molecule has 2 heterocycles. The summed E-state index contributed by atoms with van der Waals surface area (Å²) in [5, 5.41) is 3.00. The monoisotopic (exact) mass is 292 g/mol. The third-order valence-electron chi connectivity index (χ3n) is 2.80. The first-order valence-electron chi connectivity index (χ1n) is 5.98. The number of nitrogens with zero attached hydrogens (tertiary/aromatic N) is 3. The number of ether oxygens (including phenoxy) is 1. The van der Waals surface area contributed by atoms with Crippen LogP contribution in [0, 0.1) is 6.92 Å². The van der Waals surface area contributed by atoms with Gasteiger partial charge in [0.15, 0.2) is 5.82 Å². The van der Waals surface area contributed by atoms with E-state index in [1.807, 2.05) is 24.3 Å². The normalized spacial score (nSPS) is 10.3. The Morgan fingerprint density at radius 1 is 1.55 bits per heavy atom. The van der Waals surface area contributed by atoms with E-state index in [0.717, 1.165) is 10.7 Å². The van der Waals surface area contributed by atoms with Crippen molar-refractivity contribution in [2.45, 2.75) is 13.5 Å². The molecule has 0 atom stereocenters. The second-order valence-electron chi connectivity index (χ2n) is 4.30. The standard InChI is InChI=1S/C13H16N4O2S/c1-8-16-9(7-20-8)6-17(2)12-11(14)10(4-5-15-12)13(18)19-3/h4-5,7H,6,14H2,1-3H3. The molecule has 106 valence electrons. The van der Waals surface area contributed by atoms with E-state index in [1.54, 1.807) is 23.6 Å². The van der Waals surface area contributed by atoms with Gasteiger partial charge in [-0.25, -0.2) is 14.8 Å². The van der Waals surface area contributed by atoms with Gasteiger partial charge in [0.2, 0.25) is 0 Å². The lowest BCUT2D eigenvalue weighted by atomic mass is 10.2. The Morgan fingerprint density at radius 2 is 2.30 bits per heavy atom. The van der Waals surface area contributed by atoms with Crippen molar-refractivity contribution in [3.63, 3.8) is 0 Å². The SMILES string of the molecule is COC(=O)c1ccnc(N(C)Cc2csc(C)n2)c1N. The second kappa shape index (κ2) is 5.87. The van der Waals surface area contributed by atoms with Crippen LogP contribution in [0.3, 0.4) is 0 Å². The van der Waals surface area contributed by atoms with E-state index in [-0.39, 0.29) is 0 Å². The van der Waals surface area contributed by atoms with E-state index in [4.69, 9.17) is 10.5 Å². The van der Waals surface area contributed by atoms with Gasteiger partial charge in [0, 0.05) is 18.6 Å². The molecule has 7 heteroatoms. The summed E-state index contributed by atoms with van der Waals surface area (Å²) in [4.78, 5) is 22.1. The number of pyridine rings is 1. The summed E-state index contributed by atoms with van der Waals surface area (Å²) in [5.41, 5.74) is 7.57. The van der Waals surface area contributed by atoms with E-state index in [1.165, 1.54) is 7.11 Å². The van der Waals surface area contributed by atoms with Crippen molar-refractivity contribution in [1.82, 2.24) is 9.97 Å². The average molecular weight is 292 g/mol. The number of nitrogens with two attached hydrogens (primary N) is 1. The summed E-state index contributed by atoms with van der Waals surface area (Å²) in [6.07, 6.45) is 1.54. The number of rotatable bonds is 4. The van der Waals surface area contributed by atoms with E-state index in [9.17, 15) is 4.79 Å². The van der Waals surface area contributed by atoms with Gasteiger partial charge < -0.3 is 15.4 Å². The first kappa shape index (κ1) is 14.3. The van der Waals surface area contributed by atoms with Crippen molar-refractivity contribution in [2.75, 3.05) is 24.8 Å². The van der Waals surface area contributed by atoms with Crippen LogP contribution in [-0.4, -0.2) is 30.1 Å². The zero-order chi connectivity index (χ0) is 14.7. The van der Waals surface area contributed by atoms with Crippen LogP contribution in [0.4, 0.5) is 11.5 Å². The van der Waals surface area contributed by atoms with Crippen LogP contribution < -0.4 is 10.6 Å². The molecule has 0 aliphatic heterocycles. The fourth-order valence-electron chi connectivity index (χ4n) is 1.85. The maximum Gasteiger partial charge on any atom is 0.340 e. The quantitative estimate of drug-likeness (QED) is 0.866. The van der Waals surface area contributed by atoms with Gasteiger partial charge in [0.25, 0.3) is 0 Å². The van der Waals surface area contributed by atoms with Crippen molar-refractivity contribution in [2.24, 2.45) is 0 Å². The van der Waals surface area contributed by atoms with Crippen LogP contribution in [0.15, 0.2) is 17.6 Å². The van der Waals surface area contributed by atoms with Crippen molar-refractivity contribution in [3.8, 4) is 0 Å². The number of thiazole rings is 1. The Labute approximate surface area is 121 Å². The molecule has 0 aromatic carbocycles. The number of aryl methyl sites for hydroxylation is 1. The first-order chi connectivity index (χ1) is 9.52. The van der Waals surface area contributed by atoms with Gasteiger partial charge in [0.05, 0.1) is 35.6 Å². The Kier molecular flexibility index (Phi) is 4.19. The summed E-state index contributed by atoms with van der Waals surface area (Å²) in [6.45, 7) is 2.53. The maximum absolute atomic E-state index is 11.6. The summed E-state index contributed by atoms with van der Waals surface area (Å²) >= 11 is 1.59. The number of methoxy groups -OCH3 is 1. The molecule has 6 nitrogen and oxygen atoms in total. The maximum atomic E-state index is 11.6. The highest BCUT2D eigenvalue weighted by Gasteiger charge is 2.17. The number of esters is 1. The van der Waals surface area contributed by atoms with Crippen molar-refractivity contribution in [3.05, 3.63) is 33.9 Å². The van der Waals surface area contributed by atoms with Gasteiger partial charge in [0.1, 0.15) is 0 Å². The van der Waals surface area contributed by atoms with Crippen molar-refractivity contribution < 1.29 is 9.53 Å². The molecule has 20 heavy (non-hydrogen) atoms. The lowest BCUT2D eigenvalue weighted by Gasteiger charge is -2.19. The minimum absolute atomic E-state index is 0.314. The Balaban J connectivity index is 2.26. The molecule has 2 aromatic heterocycles. The number of carbonyl (C=O) groups is 1. The highest BCUT2D eigenvalue weighted by atomic mass is 32.1. The summed E-state index contributed by atoms with van der Waals surface area (Å²) in [5.74, 6) is 0.0719. The van der Waals surface area contributed by atoms with Crippen LogP contribution in [0.25, 0.3) is 0 Å². The number of carbonyl (C=O) groups excluding carboxylic acids is 1. The zero-order valence-electron chi connectivity index (χ0n) is 11.6. The minimum Gasteiger partial charge on any atom is -0.465 e. The Morgan fingerprint density at radius 3 is 2.90 bits per heavy atom. The predicted molar refractivity (Wildman–Crippen MR) is 78.9 cm³/mol. The lowest BCUT2D eigenvalue weighted by Crippen LogP contribution is -2.21. The van der Waals surface area contributed by atoms with Crippen LogP contribution in [0.2, 0.25) is 0 Å². The highest BCUT2D eigenvalue weighted by molar-refractivity contribution is 7.09. The van der Waals surface area contributed by atoms with E-state index in [2.05, 4.69) is 9.97 Å². The molecule has 0 spiro atoms. The second-order valence-corrected chi connectivity index (χ2v) is 5.36. The minimum atomic E-state index is -0.468. The van der Waals surface area contributed by atoms with Crippen LogP contribution in [-0.2, 0) is 11.3 Å². The summed E-state index contributed by atoms with van der Waals surface area (Å²) in [6, 6.07) is 1.55. The molecule has 0 aliphatic rings. The Hall–Kier alpha value is -2.15. The molecule has 0 radical (unpaired) electrons. The molecule has 0 fully saturated rings. The van der Waals surface area contributed by atoms with Crippen LogP contribution in [0.5, 0.6) is 0 Å². The van der Waals surface area contributed by atoms with Crippen LogP contribution >= 0.6 is 11.3 Å². The molecule has 0 unspecified atom stereocenters. The molecule has 2 aromatic rings. The van der Waals surface area contributed by atoms with E-state index in [0.29, 0.717) is 23.6 Å². The van der Waals surface area contributed by atoms with Gasteiger partial charge >= 0.3 is 5.97 Å². The summed E-state index contributed by atoms with van der Waals surface area (Å²) < 4.78 is 4.70. The zero-order valence-corrected chi connectivity index (χ0v) is 12.4. The molecule has 0 saturated heterocycles. The van der Waals surface area contributed by atoms with E-state index >= 15 is 0 Å². The number of aromatic nitrogens is 2. The number of anilines is 2. The molecule has 0 bridgehead atoms. The van der Waals surface area contributed by atoms with E-state index < -0.39 is 5.97 Å². The third-order valence-corrected chi connectivity index (χ3v) is 3.62. The van der Waals surface area contributed by atoms with Gasteiger partial charge in [-0.2, -0.15) is 0 Å². The molecule has 0 saturated carbocycles. The fraction of sp³-hybridized carbons (Fsp3) is 0.308. The molecule has 0 aliphatic carbocycles. The molecular formula is C13H16N4O2S. The number of hydrogen-bond donors (Lipinski definition) is 1. The van der Waals surface area contributed by atoms with Gasteiger partial charge in [-0.15, -0.1) is 11.3 Å². The molecule has 2 rings (SSSR count). The first-order valence-corrected chi connectivity index (χ1v) is 6.85. The molecule has 0 amide bonds. The van der Waals surface area contributed by atoms with Gasteiger partial charge in [-0.05, 0) is 13.0 Å². The summed E-state index contributed by atoms with van der Waals surface area (Å²) in [7, 11) is 3.18. The lowest BCUT2D eigenvalue weighted by molar-refractivity contribution is 0.0602. The van der Waals surface area contributed by atoms with Gasteiger partial charge in [-0.1, -0.05) is 0 Å². The van der Waals surface area contributed by atoms with Crippen molar-refractivity contribution >= 4 is 28.8 Å².